The highest BCUT2D eigenvalue weighted by atomic mass is 16.4. The van der Waals surface area contributed by atoms with E-state index in [0.29, 0.717) is 6.42 Å². The van der Waals surface area contributed by atoms with Gasteiger partial charge in [-0.05, 0) is 25.7 Å². The van der Waals surface area contributed by atoms with Gasteiger partial charge < -0.3 is 10.4 Å². The van der Waals surface area contributed by atoms with Crippen LogP contribution in [0.1, 0.15) is 32.6 Å². The molecule has 0 aromatic heterocycles. The second kappa shape index (κ2) is 3.83. The van der Waals surface area contributed by atoms with Crippen LogP contribution >= 0.6 is 0 Å². The number of hydrogen-bond acceptors (Lipinski definition) is 2. The molecule has 0 aromatic rings. The average molecular weight is 211 g/mol. The van der Waals surface area contributed by atoms with Gasteiger partial charge in [-0.3, -0.25) is 9.59 Å². The Hall–Kier alpha value is -1.06. The summed E-state index contributed by atoms with van der Waals surface area (Å²) in [6, 6.07) is 0.194. The molecule has 4 heteroatoms. The third-order valence-electron chi connectivity index (χ3n) is 3.22. The number of carbonyl (C=O) groups excluding carboxylic acids is 1. The van der Waals surface area contributed by atoms with Crippen LogP contribution in [-0.2, 0) is 9.59 Å². The zero-order valence-corrected chi connectivity index (χ0v) is 8.90. The molecule has 84 valence electrons. The van der Waals surface area contributed by atoms with Gasteiger partial charge in [-0.2, -0.15) is 0 Å². The molecule has 15 heavy (non-hydrogen) atoms. The molecule has 2 aliphatic rings. The average Bonchev–Trinajstić information content (AvgIpc) is 2.98. The highest BCUT2D eigenvalue weighted by Crippen LogP contribution is 2.39. The van der Waals surface area contributed by atoms with Crippen molar-refractivity contribution in [1.82, 2.24) is 5.32 Å². The summed E-state index contributed by atoms with van der Waals surface area (Å²) in [7, 11) is 0. The zero-order valence-electron chi connectivity index (χ0n) is 8.90. The largest absolute Gasteiger partial charge is 0.481 e. The fraction of sp³-hybridized carbons (Fsp3) is 0.818. The van der Waals surface area contributed by atoms with Crippen molar-refractivity contribution in [2.45, 2.75) is 38.6 Å². The van der Waals surface area contributed by atoms with Gasteiger partial charge in [-0.1, -0.05) is 12.8 Å². The lowest BCUT2D eigenvalue weighted by Crippen LogP contribution is -2.34. The van der Waals surface area contributed by atoms with E-state index in [2.05, 4.69) is 5.32 Å². The molecule has 0 saturated heterocycles. The van der Waals surface area contributed by atoms with E-state index in [0.717, 1.165) is 12.3 Å². The molecular weight excluding hydrogens is 194 g/mol. The van der Waals surface area contributed by atoms with Crippen molar-refractivity contribution in [3.05, 3.63) is 0 Å². The van der Waals surface area contributed by atoms with Gasteiger partial charge >= 0.3 is 5.97 Å². The van der Waals surface area contributed by atoms with Crippen molar-refractivity contribution < 1.29 is 14.7 Å². The molecule has 0 radical (unpaired) electrons. The zero-order chi connectivity index (χ0) is 11.0. The fourth-order valence-corrected chi connectivity index (χ4v) is 2.02. The lowest BCUT2D eigenvalue weighted by atomic mass is 10.1. The summed E-state index contributed by atoms with van der Waals surface area (Å²) in [5, 5.41) is 11.6. The molecular formula is C11H17NO3. The Bertz CT molecular complexity index is 286. The Balaban J connectivity index is 1.70. The molecule has 2 N–H and O–H groups in total. The van der Waals surface area contributed by atoms with Gasteiger partial charge in [0, 0.05) is 6.04 Å². The summed E-state index contributed by atoms with van der Waals surface area (Å²) >= 11 is 0. The Morgan fingerprint density at radius 2 is 2.07 bits per heavy atom. The minimum atomic E-state index is -0.843. The molecule has 0 aliphatic heterocycles. The van der Waals surface area contributed by atoms with Crippen molar-refractivity contribution in [1.29, 1.82) is 0 Å². The summed E-state index contributed by atoms with van der Waals surface area (Å²) in [5.41, 5.74) is 0. The van der Waals surface area contributed by atoms with Crippen molar-refractivity contribution in [2.24, 2.45) is 17.8 Å². The van der Waals surface area contributed by atoms with Gasteiger partial charge in [0.1, 0.15) is 0 Å². The molecule has 0 aromatic carbocycles. The third kappa shape index (κ3) is 2.70. The molecule has 1 amide bonds. The molecule has 3 atom stereocenters. The predicted octanol–water partition coefficient (Wildman–Crippen LogP) is 1.01. The Morgan fingerprint density at radius 1 is 1.40 bits per heavy atom. The van der Waals surface area contributed by atoms with E-state index >= 15 is 0 Å². The summed E-state index contributed by atoms with van der Waals surface area (Å²) in [4.78, 5) is 22.1. The number of amides is 1. The van der Waals surface area contributed by atoms with Crippen molar-refractivity contribution >= 4 is 11.9 Å². The number of aliphatic carboxylic acids is 1. The molecule has 1 unspecified atom stereocenters. The Kier molecular flexibility index (Phi) is 2.67. The first-order chi connectivity index (χ1) is 7.08. The van der Waals surface area contributed by atoms with E-state index < -0.39 is 11.9 Å². The van der Waals surface area contributed by atoms with Gasteiger partial charge in [-0.15, -0.1) is 0 Å². The van der Waals surface area contributed by atoms with Gasteiger partial charge in [0.25, 0.3) is 0 Å². The van der Waals surface area contributed by atoms with Crippen molar-refractivity contribution in [2.75, 3.05) is 0 Å². The van der Waals surface area contributed by atoms with Crippen LogP contribution in [0, 0.1) is 17.8 Å². The topological polar surface area (TPSA) is 66.4 Å². The number of rotatable bonds is 5. The van der Waals surface area contributed by atoms with E-state index in [9.17, 15) is 9.59 Å². The van der Waals surface area contributed by atoms with Gasteiger partial charge in [0.2, 0.25) is 5.91 Å². The van der Waals surface area contributed by atoms with Crippen LogP contribution in [0.25, 0.3) is 0 Å². The monoisotopic (exact) mass is 211 g/mol. The number of carboxylic acid groups (broad SMARTS) is 1. The SMILES string of the molecule is CC(CC1CC1)NC(=O)[C@@H]1C[C@@H]1C(=O)O. The molecule has 2 aliphatic carbocycles. The summed E-state index contributed by atoms with van der Waals surface area (Å²) in [6.07, 6.45) is 4.11. The van der Waals surface area contributed by atoms with Crippen molar-refractivity contribution in [3.8, 4) is 0 Å². The molecule has 0 spiro atoms. The Labute approximate surface area is 89.0 Å². The van der Waals surface area contributed by atoms with Crippen molar-refractivity contribution in [3.63, 3.8) is 0 Å². The number of nitrogens with one attached hydrogen (secondary N) is 1. The van der Waals surface area contributed by atoms with E-state index in [1.165, 1.54) is 12.8 Å². The molecule has 2 saturated carbocycles. The van der Waals surface area contributed by atoms with Crippen LogP contribution in [0.2, 0.25) is 0 Å². The number of carboxylic acids is 1. The first-order valence-electron chi connectivity index (χ1n) is 5.61. The van der Waals surface area contributed by atoms with E-state index in [-0.39, 0.29) is 17.9 Å². The van der Waals surface area contributed by atoms with Gasteiger partial charge in [0.05, 0.1) is 11.8 Å². The molecule has 2 rings (SSSR count). The highest BCUT2D eigenvalue weighted by molar-refractivity contribution is 5.89. The number of carbonyl (C=O) groups is 2. The lowest BCUT2D eigenvalue weighted by molar-refractivity contribution is -0.140. The molecule has 4 nitrogen and oxygen atoms in total. The maximum absolute atomic E-state index is 11.6. The smallest absolute Gasteiger partial charge is 0.307 e. The van der Waals surface area contributed by atoms with Crippen LogP contribution in [0.5, 0.6) is 0 Å². The van der Waals surface area contributed by atoms with Gasteiger partial charge in [0.15, 0.2) is 0 Å². The van der Waals surface area contributed by atoms with Crippen LogP contribution in [0.4, 0.5) is 0 Å². The predicted molar refractivity (Wildman–Crippen MR) is 54.2 cm³/mol. The van der Waals surface area contributed by atoms with Crippen LogP contribution in [0.15, 0.2) is 0 Å². The summed E-state index contributed by atoms with van der Waals surface area (Å²) < 4.78 is 0. The van der Waals surface area contributed by atoms with Crippen LogP contribution in [-0.4, -0.2) is 23.0 Å². The van der Waals surface area contributed by atoms with E-state index in [1.807, 2.05) is 6.92 Å². The molecule has 0 heterocycles. The second-order valence-corrected chi connectivity index (χ2v) is 4.88. The minimum Gasteiger partial charge on any atom is -0.481 e. The van der Waals surface area contributed by atoms with E-state index in [4.69, 9.17) is 5.11 Å². The third-order valence-corrected chi connectivity index (χ3v) is 3.22. The standard InChI is InChI=1S/C11H17NO3/c1-6(4-7-2-3-7)12-10(13)8-5-9(8)11(14)15/h6-9H,2-5H2,1H3,(H,12,13)(H,14,15)/t6?,8-,9+/m1/s1. The van der Waals surface area contributed by atoms with Crippen LogP contribution < -0.4 is 5.32 Å². The maximum atomic E-state index is 11.6. The second-order valence-electron chi connectivity index (χ2n) is 4.88. The highest BCUT2D eigenvalue weighted by Gasteiger charge is 2.48. The Morgan fingerprint density at radius 3 is 2.53 bits per heavy atom. The first kappa shape index (κ1) is 10.5. The first-order valence-corrected chi connectivity index (χ1v) is 5.61. The normalized spacial score (nSPS) is 30.7. The maximum Gasteiger partial charge on any atom is 0.307 e. The summed E-state index contributed by atoms with van der Waals surface area (Å²) in [6.45, 7) is 1.99. The number of hydrogen-bond donors (Lipinski definition) is 2. The minimum absolute atomic E-state index is 0.0736. The quantitative estimate of drug-likeness (QED) is 0.713. The fourth-order valence-electron chi connectivity index (χ4n) is 2.02. The van der Waals surface area contributed by atoms with Crippen LogP contribution in [0.3, 0.4) is 0 Å². The summed E-state index contributed by atoms with van der Waals surface area (Å²) in [5.74, 6) is -0.836. The van der Waals surface area contributed by atoms with Gasteiger partial charge in [-0.25, -0.2) is 0 Å². The lowest BCUT2D eigenvalue weighted by Gasteiger charge is -2.12. The molecule has 0 bridgehead atoms. The van der Waals surface area contributed by atoms with E-state index in [1.54, 1.807) is 0 Å². The molecule has 2 fully saturated rings.